The van der Waals surface area contributed by atoms with Gasteiger partial charge in [-0.15, -0.1) is 0 Å². The number of alkyl halides is 2. The molecule has 3 heterocycles. The summed E-state index contributed by atoms with van der Waals surface area (Å²) in [4.78, 5) is 19.7. The van der Waals surface area contributed by atoms with Crippen LogP contribution in [-0.2, 0) is 6.42 Å². The molecule has 2 aromatic carbocycles. The van der Waals surface area contributed by atoms with Crippen LogP contribution in [0.1, 0.15) is 15.9 Å². The highest BCUT2D eigenvalue weighted by molar-refractivity contribution is 5.97. The third kappa shape index (κ3) is 4.73. The molecule has 10 heteroatoms. The van der Waals surface area contributed by atoms with Crippen molar-refractivity contribution in [1.29, 1.82) is 0 Å². The maximum atomic E-state index is 15.0. The number of amides is 1. The van der Waals surface area contributed by atoms with Crippen molar-refractivity contribution >= 4 is 17.4 Å². The minimum atomic E-state index is -2.35. The van der Waals surface area contributed by atoms with Crippen molar-refractivity contribution in [3.8, 4) is 22.3 Å². The van der Waals surface area contributed by atoms with Crippen LogP contribution in [0.15, 0.2) is 42.5 Å². The number of nitrogens with two attached hydrogens (primary N) is 1. The van der Waals surface area contributed by atoms with Gasteiger partial charge in [0, 0.05) is 60.7 Å². The number of rotatable bonds is 5. The van der Waals surface area contributed by atoms with Gasteiger partial charge in [-0.2, -0.15) is 4.39 Å². The van der Waals surface area contributed by atoms with Crippen LogP contribution in [0.25, 0.3) is 22.3 Å². The lowest BCUT2D eigenvalue weighted by molar-refractivity contribution is 0.0854. The summed E-state index contributed by atoms with van der Waals surface area (Å²) in [5.74, 6) is -1.89. The van der Waals surface area contributed by atoms with Gasteiger partial charge in [0.05, 0.1) is 6.54 Å². The lowest BCUT2D eigenvalue weighted by Gasteiger charge is -2.36. The summed E-state index contributed by atoms with van der Waals surface area (Å²) in [5, 5.41) is 2.68. The number of carbonyl (C=O) groups excluding carboxylic acids is 1. The number of benzene rings is 2. The van der Waals surface area contributed by atoms with Crippen molar-refractivity contribution in [2.24, 2.45) is 0 Å². The van der Waals surface area contributed by atoms with Gasteiger partial charge < -0.3 is 16.0 Å². The van der Waals surface area contributed by atoms with E-state index in [2.05, 4.69) is 15.2 Å². The van der Waals surface area contributed by atoms with Crippen LogP contribution in [0.5, 0.6) is 0 Å². The number of anilines is 2. The highest BCUT2D eigenvalue weighted by Gasteiger charge is 2.23. The monoisotopic (exact) mass is 499 g/mol. The fourth-order valence-corrected chi connectivity index (χ4v) is 4.81. The number of nitrogens with zero attached hydrogens (tertiary/aromatic N) is 3. The van der Waals surface area contributed by atoms with E-state index < -0.39 is 18.2 Å². The average molecular weight is 500 g/mol. The van der Waals surface area contributed by atoms with E-state index in [0.717, 1.165) is 5.69 Å². The van der Waals surface area contributed by atoms with Gasteiger partial charge in [-0.05, 0) is 47.9 Å². The number of hydrogen-bond acceptors (Lipinski definition) is 5. The second-order valence-electron chi connectivity index (χ2n) is 8.98. The molecule has 0 unspecified atom stereocenters. The average Bonchev–Trinajstić information content (AvgIpc) is 2.85. The van der Waals surface area contributed by atoms with Crippen LogP contribution in [0.3, 0.4) is 0 Å². The Kier molecular flexibility index (Phi) is 6.53. The first-order valence-corrected chi connectivity index (χ1v) is 11.7. The predicted octanol–water partition coefficient (Wildman–Crippen LogP) is 3.95. The molecule has 0 atom stereocenters. The Labute approximate surface area is 205 Å². The SMILES string of the molecule is Nc1nc(F)c(-c2ccc(N3CCN(CC(F)F)CC3)cc2)cc1-c1cc2c(cc1F)C(=O)NCC2. The summed E-state index contributed by atoms with van der Waals surface area (Å²) in [6, 6.07) is 11.4. The summed E-state index contributed by atoms with van der Waals surface area (Å²) in [6.45, 7) is 2.54. The molecule has 3 aromatic rings. The summed E-state index contributed by atoms with van der Waals surface area (Å²) in [6.07, 6.45) is -1.80. The molecule has 1 fully saturated rings. The normalized spacial score (nSPS) is 16.2. The first-order chi connectivity index (χ1) is 17.3. The molecule has 1 saturated heterocycles. The van der Waals surface area contributed by atoms with Crippen molar-refractivity contribution in [1.82, 2.24) is 15.2 Å². The first kappa shape index (κ1) is 24.1. The van der Waals surface area contributed by atoms with Crippen LogP contribution in [-0.4, -0.2) is 61.5 Å². The highest BCUT2D eigenvalue weighted by atomic mass is 19.3. The lowest BCUT2D eigenvalue weighted by Crippen LogP contribution is -2.47. The van der Waals surface area contributed by atoms with E-state index in [-0.39, 0.29) is 40.5 Å². The summed E-state index contributed by atoms with van der Waals surface area (Å²) in [7, 11) is 0. The summed E-state index contributed by atoms with van der Waals surface area (Å²) >= 11 is 0. The lowest BCUT2D eigenvalue weighted by atomic mass is 9.93. The van der Waals surface area contributed by atoms with Crippen molar-refractivity contribution in [3.05, 3.63) is 65.4 Å². The third-order valence-corrected chi connectivity index (χ3v) is 6.73. The van der Waals surface area contributed by atoms with Crippen molar-refractivity contribution in [2.45, 2.75) is 12.8 Å². The van der Waals surface area contributed by atoms with Gasteiger partial charge >= 0.3 is 0 Å². The van der Waals surface area contributed by atoms with Crippen LogP contribution in [0.2, 0.25) is 0 Å². The molecule has 1 aromatic heterocycles. The Hall–Kier alpha value is -3.66. The largest absolute Gasteiger partial charge is 0.383 e. The minimum absolute atomic E-state index is 0.145. The number of nitrogen functional groups attached to an aromatic ring is 1. The van der Waals surface area contributed by atoms with Crippen LogP contribution in [0.4, 0.5) is 29.1 Å². The minimum Gasteiger partial charge on any atom is -0.383 e. The molecule has 0 bridgehead atoms. The first-order valence-electron chi connectivity index (χ1n) is 11.7. The number of halogens is 4. The molecule has 0 saturated carbocycles. The number of aromatic nitrogens is 1. The second kappa shape index (κ2) is 9.77. The van der Waals surface area contributed by atoms with E-state index in [9.17, 15) is 22.4 Å². The number of nitrogens with one attached hydrogen (secondary N) is 1. The van der Waals surface area contributed by atoms with Crippen LogP contribution >= 0.6 is 0 Å². The molecular weight excluding hydrogens is 474 g/mol. The molecule has 188 valence electrons. The molecule has 36 heavy (non-hydrogen) atoms. The quantitative estimate of drug-likeness (QED) is 0.411. The maximum absolute atomic E-state index is 15.0. The highest BCUT2D eigenvalue weighted by Crippen LogP contribution is 2.35. The fourth-order valence-electron chi connectivity index (χ4n) is 4.81. The van der Waals surface area contributed by atoms with Crippen molar-refractivity contribution in [3.63, 3.8) is 0 Å². The number of pyridine rings is 1. The van der Waals surface area contributed by atoms with Crippen molar-refractivity contribution in [2.75, 3.05) is 49.9 Å². The molecule has 0 radical (unpaired) electrons. The zero-order valence-corrected chi connectivity index (χ0v) is 19.4. The second-order valence-corrected chi connectivity index (χ2v) is 8.98. The topological polar surface area (TPSA) is 74.5 Å². The number of carbonyl (C=O) groups is 1. The van der Waals surface area contributed by atoms with Gasteiger partial charge in [-0.3, -0.25) is 9.69 Å². The smallest absolute Gasteiger partial charge is 0.251 e. The molecule has 5 rings (SSSR count). The Morgan fingerprint density at radius 1 is 0.944 bits per heavy atom. The predicted molar refractivity (Wildman–Crippen MR) is 130 cm³/mol. The van der Waals surface area contributed by atoms with Gasteiger partial charge in [0.15, 0.2) is 0 Å². The molecule has 2 aliphatic heterocycles. The van der Waals surface area contributed by atoms with Gasteiger partial charge in [0.2, 0.25) is 5.95 Å². The van der Waals surface area contributed by atoms with Crippen molar-refractivity contribution < 1.29 is 22.4 Å². The van der Waals surface area contributed by atoms with E-state index in [1.54, 1.807) is 23.1 Å². The van der Waals surface area contributed by atoms with Crippen LogP contribution in [0, 0.1) is 11.8 Å². The van der Waals surface area contributed by atoms with E-state index >= 15 is 0 Å². The third-order valence-electron chi connectivity index (χ3n) is 6.73. The molecule has 0 aliphatic carbocycles. The van der Waals surface area contributed by atoms with E-state index in [1.807, 2.05) is 12.1 Å². The Balaban J connectivity index is 1.41. The van der Waals surface area contributed by atoms with E-state index in [0.29, 0.717) is 50.3 Å². The van der Waals surface area contributed by atoms with Crippen LogP contribution < -0.4 is 16.0 Å². The maximum Gasteiger partial charge on any atom is 0.251 e. The van der Waals surface area contributed by atoms with Gasteiger partial charge in [-0.1, -0.05) is 12.1 Å². The fraction of sp³-hybridized carbons (Fsp3) is 0.308. The molecule has 2 aliphatic rings. The standard InChI is InChI=1S/C26H25F4N5O/c27-22-13-19-16(5-6-32-26(19)36)11-20(22)21-12-18(24(30)33-25(21)31)15-1-3-17(4-2-15)35-9-7-34(8-10-35)14-23(28)29/h1-4,11-13,23H,5-10,14H2,(H2,31,33)(H,32,36). The van der Waals surface area contributed by atoms with E-state index in [4.69, 9.17) is 5.73 Å². The Morgan fingerprint density at radius 3 is 2.36 bits per heavy atom. The number of hydrogen-bond donors (Lipinski definition) is 2. The molecule has 3 N–H and O–H groups in total. The molecule has 0 spiro atoms. The number of fused-ring (bicyclic) bond motifs is 1. The van der Waals surface area contributed by atoms with Gasteiger partial charge in [0.1, 0.15) is 11.6 Å². The Morgan fingerprint density at radius 2 is 1.67 bits per heavy atom. The zero-order chi connectivity index (χ0) is 25.4. The summed E-state index contributed by atoms with van der Waals surface area (Å²) < 4.78 is 55.1. The Bertz CT molecular complexity index is 1290. The summed E-state index contributed by atoms with van der Waals surface area (Å²) in [5.41, 5.74) is 8.97. The molecular formula is C26H25F4N5O. The van der Waals surface area contributed by atoms with Gasteiger partial charge in [0.25, 0.3) is 12.3 Å². The molecule has 6 nitrogen and oxygen atoms in total. The number of piperazine rings is 1. The van der Waals surface area contributed by atoms with E-state index in [1.165, 1.54) is 12.1 Å². The molecule has 1 amide bonds. The zero-order valence-electron chi connectivity index (χ0n) is 19.4. The van der Waals surface area contributed by atoms with Gasteiger partial charge in [-0.25, -0.2) is 18.2 Å².